The van der Waals surface area contributed by atoms with Crippen LogP contribution in [0.4, 0.5) is 10.7 Å². The van der Waals surface area contributed by atoms with Crippen LogP contribution in [-0.2, 0) is 9.47 Å². The highest BCUT2D eigenvalue weighted by Crippen LogP contribution is 2.33. The first-order valence-electron chi connectivity index (χ1n) is 12.5. The van der Waals surface area contributed by atoms with E-state index in [1.165, 1.54) is 0 Å². The third-order valence-electron chi connectivity index (χ3n) is 6.17. The quantitative estimate of drug-likeness (QED) is 0.311. The van der Waals surface area contributed by atoms with Crippen LogP contribution in [0.3, 0.4) is 0 Å². The van der Waals surface area contributed by atoms with Gasteiger partial charge in [0.2, 0.25) is 5.95 Å². The molecule has 5 rings (SSSR count). The Labute approximate surface area is 227 Å². The van der Waals surface area contributed by atoms with Crippen molar-refractivity contribution in [1.82, 2.24) is 30.2 Å². The Bertz CT molecular complexity index is 1420. The number of carbonyl (C=O) groups excluding carboxylic acids is 2. The van der Waals surface area contributed by atoms with Gasteiger partial charge in [-0.3, -0.25) is 25.0 Å². The van der Waals surface area contributed by atoms with E-state index < -0.39 is 6.09 Å². The van der Waals surface area contributed by atoms with Crippen LogP contribution in [0.2, 0.25) is 0 Å². The predicted molar refractivity (Wildman–Crippen MR) is 150 cm³/mol. The van der Waals surface area contributed by atoms with E-state index in [0.29, 0.717) is 23.1 Å². The molecule has 0 radical (unpaired) electrons. The molecule has 2 amide bonds. The summed E-state index contributed by atoms with van der Waals surface area (Å²) in [5, 5.41) is 5.60. The van der Waals surface area contributed by atoms with Gasteiger partial charge in [0, 0.05) is 55.9 Å². The Morgan fingerprint density at radius 3 is 2.74 bits per heavy atom. The summed E-state index contributed by atoms with van der Waals surface area (Å²) in [7, 11) is 0. The number of morpholine rings is 1. The lowest BCUT2D eigenvalue weighted by atomic mass is 10.00. The first-order valence-corrected chi connectivity index (χ1v) is 12.5. The van der Waals surface area contributed by atoms with Gasteiger partial charge in [0.15, 0.2) is 0 Å². The van der Waals surface area contributed by atoms with Crippen LogP contribution in [0.5, 0.6) is 0 Å². The van der Waals surface area contributed by atoms with Crippen LogP contribution in [0.25, 0.3) is 33.4 Å². The van der Waals surface area contributed by atoms with E-state index in [9.17, 15) is 9.59 Å². The smallest absolute Gasteiger partial charge is 0.413 e. The van der Waals surface area contributed by atoms with Crippen molar-refractivity contribution in [3.63, 3.8) is 0 Å². The molecule has 11 heteroatoms. The lowest BCUT2D eigenvalue weighted by Gasteiger charge is -2.26. The fraction of sp³-hybridized carbons (Fsp3) is 0.321. The minimum atomic E-state index is -0.595. The molecule has 11 nitrogen and oxygen atoms in total. The van der Waals surface area contributed by atoms with Gasteiger partial charge >= 0.3 is 6.09 Å². The SMILES string of the molecule is C.CCOC(=O)Nc1nc2c(-c3ccccn3)cc(-c3cncc(C(=O)NCCN4CCOCC4)c3)cc2[nH]1. The summed E-state index contributed by atoms with van der Waals surface area (Å²) in [6.07, 6.45) is 4.38. The molecule has 39 heavy (non-hydrogen) atoms. The number of H-pyrrole nitrogens is 1. The zero-order valence-electron chi connectivity index (χ0n) is 21.1. The molecule has 1 aliphatic rings. The first kappa shape index (κ1) is 27.7. The maximum absolute atomic E-state index is 12.9. The number of imidazole rings is 1. The summed E-state index contributed by atoms with van der Waals surface area (Å²) >= 11 is 0. The third kappa shape index (κ3) is 6.75. The average molecular weight is 532 g/mol. The standard InChI is InChI=1S/C27H29N7O4.CH4/c1-2-38-27(36)33-26-31-23-15-18(14-21(24(23)32-26)22-5-3-4-6-29-22)19-13-20(17-28-16-19)25(35)30-7-8-34-9-11-37-12-10-34;/h3-6,13-17H,2,7-12H2,1H3,(H,30,35)(H2,31,32,33,36);1H4. The summed E-state index contributed by atoms with van der Waals surface area (Å²) in [6, 6.07) is 11.3. The summed E-state index contributed by atoms with van der Waals surface area (Å²) in [5.74, 6) is 0.0837. The topological polar surface area (TPSA) is 134 Å². The van der Waals surface area contributed by atoms with Crippen LogP contribution in [0.15, 0.2) is 55.0 Å². The highest BCUT2D eigenvalue weighted by atomic mass is 16.5. The van der Waals surface area contributed by atoms with Crippen molar-refractivity contribution in [3.8, 4) is 22.4 Å². The van der Waals surface area contributed by atoms with Gasteiger partial charge in [0.1, 0.15) is 0 Å². The first-order chi connectivity index (χ1) is 18.6. The molecule has 1 saturated heterocycles. The summed E-state index contributed by atoms with van der Waals surface area (Å²) < 4.78 is 10.3. The number of aromatic nitrogens is 4. The molecule has 0 unspecified atom stereocenters. The molecule has 3 aromatic heterocycles. The van der Waals surface area contributed by atoms with Crippen LogP contribution in [-0.4, -0.2) is 82.8 Å². The number of rotatable bonds is 8. The zero-order valence-corrected chi connectivity index (χ0v) is 21.1. The van der Waals surface area contributed by atoms with Crippen molar-refractivity contribution < 1.29 is 19.1 Å². The normalized spacial score (nSPS) is 13.5. The molecule has 3 N–H and O–H groups in total. The lowest BCUT2D eigenvalue weighted by Crippen LogP contribution is -2.41. The number of nitrogens with one attached hydrogen (secondary N) is 3. The fourth-order valence-electron chi connectivity index (χ4n) is 4.30. The molecular weight excluding hydrogens is 498 g/mol. The Morgan fingerprint density at radius 1 is 1.13 bits per heavy atom. The second-order valence-corrected chi connectivity index (χ2v) is 8.74. The number of ether oxygens (including phenoxy) is 2. The molecule has 1 fully saturated rings. The molecule has 0 saturated carbocycles. The number of fused-ring (bicyclic) bond motifs is 1. The average Bonchev–Trinajstić information content (AvgIpc) is 3.36. The van der Waals surface area contributed by atoms with Crippen LogP contribution in [0.1, 0.15) is 24.7 Å². The summed E-state index contributed by atoms with van der Waals surface area (Å²) in [6.45, 7) is 6.49. The van der Waals surface area contributed by atoms with Crippen molar-refractivity contribution in [2.45, 2.75) is 14.4 Å². The lowest BCUT2D eigenvalue weighted by molar-refractivity contribution is 0.0383. The predicted octanol–water partition coefficient (Wildman–Crippen LogP) is 3.95. The highest BCUT2D eigenvalue weighted by molar-refractivity contribution is 5.99. The highest BCUT2D eigenvalue weighted by Gasteiger charge is 2.16. The van der Waals surface area contributed by atoms with Crippen LogP contribution in [0, 0.1) is 0 Å². The summed E-state index contributed by atoms with van der Waals surface area (Å²) in [5.41, 5.74) is 4.88. The second kappa shape index (κ2) is 12.9. The van der Waals surface area contributed by atoms with Gasteiger partial charge in [-0.1, -0.05) is 13.5 Å². The van der Waals surface area contributed by atoms with Gasteiger partial charge in [-0.25, -0.2) is 9.78 Å². The number of hydrogen-bond donors (Lipinski definition) is 3. The van der Waals surface area contributed by atoms with Gasteiger partial charge in [0.25, 0.3) is 5.91 Å². The third-order valence-corrected chi connectivity index (χ3v) is 6.17. The Kier molecular flexibility index (Phi) is 9.18. The molecule has 0 atom stereocenters. The minimum Gasteiger partial charge on any atom is -0.450 e. The van der Waals surface area contributed by atoms with Gasteiger partial charge < -0.3 is 19.8 Å². The van der Waals surface area contributed by atoms with E-state index in [4.69, 9.17) is 9.47 Å². The van der Waals surface area contributed by atoms with E-state index in [1.807, 2.05) is 36.4 Å². The molecule has 0 aliphatic carbocycles. The molecule has 4 aromatic rings. The molecule has 1 aliphatic heterocycles. The molecule has 204 valence electrons. The van der Waals surface area contributed by atoms with E-state index in [2.05, 4.69) is 35.5 Å². The van der Waals surface area contributed by atoms with Crippen molar-refractivity contribution in [1.29, 1.82) is 0 Å². The zero-order chi connectivity index (χ0) is 26.3. The van der Waals surface area contributed by atoms with Gasteiger partial charge in [-0.05, 0) is 42.8 Å². The van der Waals surface area contributed by atoms with Crippen LogP contribution < -0.4 is 10.6 Å². The molecule has 4 heterocycles. The number of nitrogens with zero attached hydrogens (tertiary/aromatic N) is 4. The van der Waals surface area contributed by atoms with Crippen molar-refractivity contribution in [3.05, 3.63) is 60.6 Å². The van der Waals surface area contributed by atoms with E-state index >= 15 is 0 Å². The maximum atomic E-state index is 12.9. The van der Waals surface area contributed by atoms with Crippen molar-refractivity contribution in [2.24, 2.45) is 0 Å². The van der Waals surface area contributed by atoms with Gasteiger partial charge in [0.05, 0.1) is 42.1 Å². The van der Waals surface area contributed by atoms with E-state index in [0.717, 1.165) is 55.2 Å². The number of pyridine rings is 2. The molecule has 0 bridgehead atoms. The number of hydrogen-bond acceptors (Lipinski definition) is 8. The fourth-order valence-corrected chi connectivity index (χ4v) is 4.30. The summed E-state index contributed by atoms with van der Waals surface area (Å²) in [4.78, 5) is 43.6. The number of amides is 2. The molecular formula is C28H33N7O4. The molecule has 0 spiro atoms. The Hall–Kier alpha value is -4.35. The molecule has 1 aromatic carbocycles. The van der Waals surface area contributed by atoms with Crippen molar-refractivity contribution >= 4 is 29.0 Å². The van der Waals surface area contributed by atoms with Gasteiger partial charge in [-0.15, -0.1) is 0 Å². The monoisotopic (exact) mass is 531 g/mol. The van der Waals surface area contributed by atoms with E-state index in [-0.39, 0.29) is 25.9 Å². The maximum Gasteiger partial charge on any atom is 0.413 e. The number of carbonyl (C=O) groups is 2. The van der Waals surface area contributed by atoms with Gasteiger partial charge in [-0.2, -0.15) is 0 Å². The van der Waals surface area contributed by atoms with Crippen LogP contribution >= 0.6 is 0 Å². The number of benzene rings is 1. The number of aromatic amines is 1. The minimum absolute atomic E-state index is 0. The van der Waals surface area contributed by atoms with Crippen molar-refractivity contribution in [2.75, 3.05) is 51.3 Å². The second-order valence-electron chi connectivity index (χ2n) is 8.74. The largest absolute Gasteiger partial charge is 0.450 e. The van der Waals surface area contributed by atoms with E-state index in [1.54, 1.807) is 25.5 Å². The Balaban J connectivity index is 0.00000353. The number of anilines is 1. The Morgan fingerprint density at radius 2 is 1.97 bits per heavy atom.